The Kier molecular flexibility index (Phi) is 6.51. The first-order valence-corrected chi connectivity index (χ1v) is 9.01. The van der Waals surface area contributed by atoms with Gasteiger partial charge in [-0.15, -0.1) is 0 Å². The monoisotopic (exact) mass is 376 g/mol. The number of allylic oxidation sites excluding steroid dienone is 2. The van der Waals surface area contributed by atoms with E-state index in [9.17, 15) is 15.0 Å². The molecule has 1 atom stereocenters. The van der Waals surface area contributed by atoms with Crippen LogP contribution in [0.1, 0.15) is 27.2 Å². The minimum Gasteiger partial charge on any atom is -0.507 e. The molecular formula is C20H25ClN2O3. The molecule has 6 heteroatoms. The summed E-state index contributed by atoms with van der Waals surface area (Å²) in [5, 5.41) is 21.9. The number of para-hydroxylation sites is 1. The zero-order chi connectivity index (χ0) is 19.4. The average Bonchev–Trinajstić information content (AvgIpc) is 2.61. The quantitative estimate of drug-likeness (QED) is 0.835. The zero-order valence-electron chi connectivity index (χ0n) is 15.5. The van der Waals surface area contributed by atoms with Gasteiger partial charge in [-0.1, -0.05) is 42.8 Å². The molecule has 1 aliphatic rings. The highest BCUT2D eigenvalue weighted by atomic mass is 35.5. The number of aliphatic hydroxyl groups is 2. The van der Waals surface area contributed by atoms with Crippen molar-refractivity contribution < 1.29 is 15.0 Å². The molecule has 0 bridgehead atoms. The Morgan fingerprint density at radius 1 is 1.31 bits per heavy atom. The van der Waals surface area contributed by atoms with Gasteiger partial charge in [0.25, 0.3) is 5.91 Å². The van der Waals surface area contributed by atoms with E-state index in [2.05, 4.69) is 0 Å². The average molecular weight is 377 g/mol. The molecule has 1 unspecified atom stereocenters. The molecule has 0 aliphatic carbocycles. The molecule has 1 aromatic rings. The summed E-state index contributed by atoms with van der Waals surface area (Å²) in [4.78, 5) is 16.2. The second-order valence-corrected chi connectivity index (χ2v) is 6.60. The Balaban J connectivity index is 2.60. The van der Waals surface area contributed by atoms with Gasteiger partial charge < -0.3 is 20.0 Å². The molecule has 140 valence electrons. The third-order valence-corrected chi connectivity index (χ3v) is 4.54. The van der Waals surface area contributed by atoms with Crippen molar-refractivity contribution >= 4 is 23.2 Å². The van der Waals surface area contributed by atoms with Crippen molar-refractivity contribution in [1.29, 1.82) is 0 Å². The third-order valence-electron chi connectivity index (χ3n) is 4.35. The fourth-order valence-corrected chi connectivity index (χ4v) is 3.25. The smallest absolute Gasteiger partial charge is 0.262 e. The number of rotatable bonds is 4. The van der Waals surface area contributed by atoms with Crippen LogP contribution in [0.5, 0.6) is 0 Å². The molecule has 0 aromatic heterocycles. The minimum atomic E-state index is -1.27. The Morgan fingerprint density at radius 3 is 2.42 bits per heavy atom. The number of likely N-dealkylation sites (N-methyl/N-ethyl adjacent to an activating group) is 2. The van der Waals surface area contributed by atoms with Crippen LogP contribution in [0, 0.1) is 0 Å². The molecule has 1 amide bonds. The summed E-state index contributed by atoms with van der Waals surface area (Å²) >= 11 is 6.21. The number of halogens is 1. The number of amides is 1. The van der Waals surface area contributed by atoms with Crippen molar-refractivity contribution in [2.75, 3.05) is 18.5 Å². The summed E-state index contributed by atoms with van der Waals surface area (Å²) < 4.78 is 0. The van der Waals surface area contributed by atoms with Crippen LogP contribution in [0.2, 0.25) is 0 Å². The topological polar surface area (TPSA) is 64.0 Å². The van der Waals surface area contributed by atoms with Gasteiger partial charge in [0.2, 0.25) is 0 Å². The lowest BCUT2D eigenvalue weighted by Crippen LogP contribution is -2.45. The van der Waals surface area contributed by atoms with Gasteiger partial charge in [-0.25, -0.2) is 0 Å². The minimum absolute atomic E-state index is 0.0820. The third kappa shape index (κ3) is 3.64. The predicted octanol–water partition coefficient (Wildman–Crippen LogP) is 3.92. The van der Waals surface area contributed by atoms with Crippen molar-refractivity contribution in [2.24, 2.45) is 0 Å². The molecule has 2 N–H and O–H groups in total. The summed E-state index contributed by atoms with van der Waals surface area (Å²) in [6, 6.07) is 9.15. The Morgan fingerprint density at radius 2 is 1.92 bits per heavy atom. The summed E-state index contributed by atoms with van der Waals surface area (Å²) in [6.45, 7) is 5.84. The van der Waals surface area contributed by atoms with E-state index in [1.807, 2.05) is 50.3 Å². The van der Waals surface area contributed by atoms with Gasteiger partial charge in [-0.2, -0.15) is 0 Å². The molecule has 0 spiro atoms. The number of hydrogen-bond donors (Lipinski definition) is 2. The first kappa shape index (κ1) is 20.1. The number of carbonyl (C=O) groups is 1. The molecule has 0 fully saturated rings. The Bertz CT molecular complexity index is 765. The van der Waals surface area contributed by atoms with Gasteiger partial charge in [0.15, 0.2) is 6.23 Å². The maximum absolute atomic E-state index is 13.2. The van der Waals surface area contributed by atoms with Crippen molar-refractivity contribution in [3.05, 3.63) is 64.0 Å². The van der Waals surface area contributed by atoms with Crippen LogP contribution < -0.4 is 4.90 Å². The number of benzene rings is 1. The highest BCUT2D eigenvalue weighted by Gasteiger charge is 2.38. The van der Waals surface area contributed by atoms with E-state index < -0.39 is 12.1 Å². The molecule has 0 radical (unpaired) electrons. The number of anilines is 1. The largest absolute Gasteiger partial charge is 0.507 e. The number of carbonyl (C=O) groups excluding carboxylic acids is 1. The molecule has 1 heterocycles. The van der Waals surface area contributed by atoms with Gasteiger partial charge >= 0.3 is 0 Å². The van der Waals surface area contributed by atoms with Gasteiger partial charge in [0.1, 0.15) is 11.3 Å². The highest BCUT2D eigenvalue weighted by molar-refractivity contribution is 6.30. The zero-order valence-corrected chi connectivity index (χ0v) is 16.3. The van der Waals surface area contributed by atoms with Crippen LogP contribution in [-0.4, -0.2) is 40.8 Å². The highest BCUT2D eigenvalue weighted by Crippen LogP contribution is 2.36. The van der Waals surface area contributed by atoms with E-state index in [0.29, 0.717) is 35.0 Å². The van der Waals surface area contributed by atoms with Gasteiger partial charge in [-0.05, 0) is 32.4 Å². The van der Waals surface area contributed by atoms with Crippen LogP contribution in [0.3, 0.4) is 0 Å². The lowest BCUT2D eigenvalue weighted by Gasteiger charge is -2.37. The Hall–Kier alpha value is -2.24. The predicted molar refractivity (Wildman–Crippen MR) is 105 cm³/mol. The first-order valence-electron chi connectivity index (χ1n) is 8.63. The lowest BCUT2D eigenvalue weighted by atomic mass is 9.95. The van der Waals surface area contributed by atoms with Crippen molar-refractivity contribution in [3.8, 4) is 0 Å². The number of nitrogens with zero attached hydrogens (tertiary/aromatic N) is 2. The maximum Gasteiger partial charge on any atom is 0.262 e. The standard InChI is InChI=1S/C20H25ClN2O3/c1-5-10-15-16(13(3)21)18(24)17(19(25)22(15)4)20(26)23(6-2)14-11-8-7-9-12-14/h7-12,19,24-25H,5-6H2,1-4H3/b15-10+,16-13-. The van der Waals surface area contributed by atoms with E-state index >= 15 is 0 Å². The van der Waals surface area contributed by atoms with Crippen molar-refractivity contribution in [3.63, 3.8) is 0 Å². The SMILES string of the molecule is CC/C=C1\C(=C(/C)Cl)C(O)=C(C(=O)N(CC)c2ccccc2)C(O)N1C. The number of aliphatic hydroxyl groups excluding tert-OH is 2. The molecule has 1 aliphatic heterocycles. The second kappa shape index (κ2) is 8.43. The lowest BCUT2D eigenvalue weighted by molar-refractivity contribution is -0.117. The fourth-order valence-electron chi connectivity index (χ4n) is 3.07. The second-order valence-electron chi connectivity index (χ2n) is 6.04. The van der Waals surface area contributed by atoms with Crippen LogP contribution >= 0.6 is 11.6 Å². The molecule has 1 aromatic carbocycles. The van der Waals surface area contributed by atoms with E-state index in [0.717, 1.165) is 0 Å². The molecule has 5 nitrogen and oxygen atoms in total. The summed E-state index contributed by atoms with van der Waals surface area (Å²) in [6.07, 6.45) is 1.29. The van der Waals surface area contributed by atoms with Crippen LogP contribution in [-0.2, 0) is 4.79 Å². The summed E-state index contributed by atoms with van der Waals surface area (Å²) in [7, 11) is 1.67. The molecule has 0 saturated carbocycles. The summed E-state index contributed by atoms with van der Waals surface area (Å²) in [5.41, 5.74) is 1.58. The normalized spacial score (nSPS) is 21.2. The van der Waals surface area contributed by atoms with Gasteiger partial charge in [-0.3, -0.25) is 4.79 Å². The Labute approximate surface area is 159 Å². The van der Waals surface area contributed by atoms with E-state index in [1.54, 1.807) is 18.9 Å². The van der Waals surface area contributed by atoms with E-state index in [-0.39, 0.29) is 11.3 Å². The van der Waals surface area contributed by atoms with E-state index in [4.69, 9.17) is 11.6 Å². The van der Waals surface area contributed by atoms with Crippen LogP contribution in [0.15, 0.2) is 64.0 Å². The fraction of sp³-hybridized carbons (Fsp3) is 0.350. The van der Waals surface area contributed by atoms with Crippen LogP contribution in [0.4, 0.5) is 5.69 Å². The van der Waals surface area contributed by atoms with Crippen LogP contribution in [0.25, 0.3) is 0 Å². The maximum atomic E-state index is 13.2. The van der Waals surface area contributed by atoms with Crippen molar-refractivity contribution in [2.45, 2.75) is 33.4 Å². The summed E-state index contributed by atoms with van der Waals surface area (Å²) in [5.74, 6) is -0.733. The van der Waals surface area contributed by atoms with E-state index in [1.165, 1.54) is 4.90 Å². The molecular weight excluding hydrogens is 352 g/mol. The molecule has 26 heavy (non-hydrogen) atoms. The first-order chi connectivity index (χ1) is 12.3. The number of hydrogen-bond acceptors (Lipinski definition) is 4. The van der Waals surface area contributed by atoms with Gasteiger partial charge in [0.05, 0.1) is 5.57 Å². The van der Waals surface area contributed by atoms with Crippen molar-refractivity contribution in [1.82, 2.24) is 4.90 Å². The van der Waals surface area contributed by atoms with Gasteiger partial charge in [0, 0.05) is 30.0 Å². The molecule has 2 rings (SSSR count). The molecule has 0 saturated heterocycles.